The quantitative estimate of drug-likeness (QED) is 0.901. The molecule has 1 aliphatic carbocycles. The Balaban J connectivity index is 1.39. The molecule has 4 rings (SSSR count). The minimum absolute atomic E-state index is 0.116. The topological polar surface area (TPSA) is 57.4 Å². The average molecular weight is 348 g/mol. The Morgan fingerprint density at radius 1 is 0.960 bits per heavy atom. The zero-order valence-corrected chi connectivity index (χ0v) is 15.6. The van der Waals surface area contributed by atoms with Crippen LogP contribution >= 0.6 is 0 Å². The summed E-state index contributed by atoms with van der Waals surface area (Å²) in [5, 5.41) is 18.8. The van der Waals surface area contributed by atoms with Gasteiger partial charge in [-0.05, 0) is 45.1 Å². The van der Waals surface area contributed by atoms with Crippen LogP contribution in [0.4, 0.5) is 0 Å². The maximum atomic E-state index is 9.67. The molecule has 1 aromatic heterocycles. The summed E-state index contributed by atoms with van der Waals surface area (Å²) in [6.07, 6.45) is 9.76. The number of aromatic nitrogens is 3. The lowest BCUT2D eigenvalue weighted by atomic mass is 9.95. The monoisotopic (exact) mass is 347 g/mol. The highest BCUT2D eigenvalue weighted by atomic mass is 16.3. The van der Waals surface area contributed by atoms with Gasteiger partial charge in [-0.25, -0.2) is 0 Å². The van der Waals surface area contributed by atoms with Gasteiger partial charge in [0.2, 0.25) is 0 Å². The van der Waals surface area contributed by atoms with Crippen molar-refractivity contribution in [3.05, 3.63) is 11.6 Å². The van der Waals surface area contributed by atoms with Gasteiger partial charge in [0.25, 0.3) is 0 Å². The van der Waals surface area contributed by atoms with Crippen molar-refractivity contribution < 1.29 is 5.11 Å². The molecular formula is C19H33N5O. The van der Waals surface area contributed by atoms with E-state index in [4.69, 9.17) is 0 Å². The molecule has 6 nitrogen and oxygen atoms in total. The summed E-state index contributed by atoms with van der Waals surface area (Å²) >= 11 is 0. The molecule has 0 radical (unpaired) electrons. The molecule has 1 N–H and O–H groups in total. The van der Waals surface area contributed by atoms with Gasteiger partial charge in [-0.15, -0.1) is 10.2 Å². The van der Waals surface area contributed by atoms with Crippen molar-refractivity contribution >= 4 is 0 Å². The van der Waals surface area contributed by atoms with Crippen molar-refractivity contribution in [1.29, 1.82) is 0 Å². The van der Waals surface area contributed by atoms with Crippen molar-refractivity contribution in [3.63, 3.8) is 0 Å². The fourth-order valence-corrected chi connectivity index (χ4v) is 4.96. The Labute approximate surface area is 151 Å². The maximum Gasteiger partial charge on any atom is 0.146 e. The van der Waals surface area contributed by atoms with Gasteiger partial charge in [0, 0.05) is 38.6 Å². The lowest BCUT2D eigenvalue weighted by Gasteiger charge is -2.36. The normalized spacial score (nSPS) is 28.0. The minimum atomic E-state index is -0.116. The summed E-state index contributed by atoms with van der Waals surface area (Å²) < 4.78 is 2.24. The average Bonchev–Trinajstić information content (AvgIpc) is 3.28. The van der Waals surface area contributed by atoms with Gasteiger partial charge < -0.3 is 9.67 Å². The summed E-state index contributed by atoms with van der Waals surface area (Å²) in [5.74, 6) is 2.78. The number of hydrogen-bond donors (Lipinski definition) is 1. The molecular weight excluding hydrogens is 314 g/mol. The summed E-state index contributed by atoms with van der Waals surface area (Å²) in [4.78, 5) is 5.12. The van der Waals surface area contributed by atoms with E-state index in [9.17, 15) is 5.11 Å². The van der Waals surface area contributed by atoms with Crippen LogP contribution in [0.5, 0.6) is 0 Å². The lowest BCUT2D eigenvalue weighted by Crippen LogP contribution is -2.41. The van der Waals surface area contributed by atoms with E-state index in [2.05, 4.69) is 31.6 Å². The first-order valence-electron chi connectivity index (χ1n) is 10.2. The van der Waals surface area contributed by atoms with E-state index in [0.29, 0.717) is 5.92 Å². The van der Waals surface area contributed by atoms with Crippen molar-refractivity contribution in [1.82, 2.24) is 24.6 Å². The molecule has 140 valence electrons. The molecule has 2 saturated heterocycles. The fraction of sp³-hybridized carbons (Fsp3) is 0.895. The second kappa shape index (κ2) is 7.72. The minimum Gasteiger partial charge on any atom is -0.393 e. The van der Waals surface area contributed by atoms with Crippen LogP contribution in [0.2, 0.25) is 0 Å². The number of hydrogen-bond acceptors (Lipinski definition) is 5. The van der Waals surface area contributed by atoms with Crippen LogP contribution in [0, 0.1) is 0 Å². The van der Waals surface area contributed by atoms with Crippen LogP contribution in [0.3, 0.4) is 0 Å². The smallest absolute Gasteiger partial charge is 0.146 e. The maximum absolute atomic E-state index is 9.67. The van der Waals surface area contributed by atoms with Crippen molar-refractivity contribution in [2.24, 2.45) is 7.05 Å². The molecule has 1 unspecified atom stereocenters. The standard InChI is InChI=1S/C19H33N5O/c1-22-18(14-23-11-8-17(25)9-12-23)20-21-19(22)15-5-4-10-24(13-15)16-6-2-3-7-16/h15-17,25H,2-14H2,1H3. The van der Waals surface area contributed by atoms with Gasteiger partial charge in [0.05, 0.1) is 12.6 Å². The molecule has 2 aliphatic heterocycles. The first-order chi connectivity index (χ1) is 12.2. The van der Waals surface area contributed by atoms with Gasteiger partial charge in [-0.3, -0.25) is 9.80 Å². The summed E-state index contributed by atoms with van der Waals surface area (Å²) in [7, 11) is 2.14. The fourth-order valence-electron chi connectivity index (χ4n) is 4.96. The van der Waals surface area contributed by atoms with Gasteiger partial charge in [0.15, 0.2) is 0 Å². The molecule has 6 heteroatoms. The van der Waals surface area contributed by atoms with Gasteiger partial charge in [-0.1, -0.05) is 12.8 Å². The molecule has 3 aliphatic rings. The Morgan fingerprint density at radius 2 is 1.72 bits per heavy atom. The second-order valence-corrected chi connectivity index (χ2v) is 8.31. The second-order valence-electron chi connectivity index (χ2n) is 8.31. The van der Waals surface area contributed by atoms with Crippen molar-refractivity contribution in [2.45, 2.75) is 76.0 Å². The highest BCUT2D eigenvalue weighted by Gasteiger charge is 2.31. The van der Waals surface area contributed by atoms with Crippen molar-refractivity contribution in [2.75, 3.05) is 26.2 Å². The van der Waals surface area contributed by atoms with E-state index < -0.39 is 0 Å². The Bertz CT molecular complexity index is 560. The number of piperidine rings is 2. The molecule has 25 heavy (non-hydrogen) atoms. The number of aliphatic hydroxyl groups excluding tert-OH is 1. The Morgan fingerprint density at radius 3 is 2.48 bits per heavy atom. The van der Waals surface area contributed by atoms with Crippen molar-refractivity contribution in [3.8, 4) is 0 Å². The molecule has 0 spiro atoms. The largest absolute Gasteiger partial charge is 0.393 e. The van der Waals surface area contributed by atoms with E-state index >= 15 is 0 Å². The van der Waals surface area contributed by atoms with E-state index in [0.717, 1.165) is 50.9 Å². The molecule has 0 amide bonds. The van der Waals surface area contributed by atoms with Gasteiger partial charge in [-0.2, -0.15) is 0 Å². The zero-order chi connectivity index (χ0) is 17.2. The van der Waals surface area contributed by atoms with Gasteiger partial charge >= 0.3 is 0 Å². The van der Waals surface area contributed by atoms with Crippen LogP contribution < -0.4 is 0 Å². The highest BCUT2D eigenvalue weighted by molar-refractivity contribution is 5.05. The van der Waals surface area contributed by atoms with Crippen LogP contribution in [0.15, 0.2) is 0 Å². The Kier molecular flexibility index (Phi) is 5.39. The molecule has 1 saturated carbocycles. The van der Waals surface area contributed by atoms with Gasteiger partial charge in [0.1, 0.15) is 11.6 Å². The van der Waals surface area contributed by atoms with Crippen LogP contribution in [0.25, 0.3) is 0 Å². The zero-order valence-electron chi connectivity index (χ0n) is 15.6. The third-order valence-corrected chi connectivity index (χ3v) is 6.58. The Hall–Kier alpha value is -0.980. The molecule has 3 heterocycles. The highest BCUT2D eigenvalue weighted by Crippen LogP contribution is 2.31. The summed E-state index contributed by atoms with van der Waals surface area (Å²) in [6, 6.07) is 0.815. The number of rotatable bonds is 4. The first-order valence-corrected chi connectivity index (χ1v) is 10.2. The predicted molar refractivity (Wildman–Crippen MR) is 97.3 cm³/mol. The molecule has 0 bridgehead atoms. The molecule has 0 aromatic carbocycles. The van der Waals surface area contributed by atoms with Crippen LogP contribution in [0.1, 0.15) is 68.9 Å². The van der Waals surface area contributed by atoms with Crippen LogP contribution in [-0.2, 0) is 13.6 Å². The summed E-state index contributed by atoms with van der Waals surface area (Å²) in [6.45, 7) is 5.20. The predicted octanol–water partition coefficient (Wildman–Crippen LogP) is 1.89. The van der Waals surface area contributed by atoms with E-state index in [1.807, 2.05) is 0 Å². The molecule has 1 aromatic rings. The van der Waals surface area contributed by atoms with Crippen LogP contribution in [-0.4, -0.2) is 68.0 Å². The molecule has 3 fully saturated rings. The van der Waals surface area contributed by atoms with E-state index in [-0.39, 0.29) is 6.10 Å². The van der Waals surface area contributed by atoms with E-state index in [1.54, 1.807) is 0 Å². The third-order valence-electron chi connectivity index (χ3n) is 6.58. The number of aliphatic hydroxyl groups is 1. The number of nitrogens with zero attached hydrogens (tertiary/aromatic N) is 5. The number of likely N-dealkylation sites (tertiary alicyclic amines) is 2. The SMILES string of the molecule is Cn1c(CN2CCC(O)CC2)nnc1C1CCCN(C2CCCC2)C1. The third kappa shape index (κ3) is 3.91. The van der Waals surface area contributed by atoms with E-state index in [1.165, 1.54) is 50.9 Å². The first kappa shape index (κ1) is 17.4. The summed E-state index contributed by atoms with van der Waals surface area (Å²) in [5.41, 5.74) is 0. The molecule has 1 atom stereocenters. The lowest BCUT2D eigenvalue weighted by molar-refractivity contribution is 0.0775.